The smallest absolute Gasteiger partial charge is 0.332 e. The van der Waals surface area contributed by atoms with Crippen LogP contribution < -0.4 is 21.3 Å². The second-order valence-electron chi connectivity index (χ2n) is 9.89. The van der Waals surface area contributed by atoms with Crippen molar-refractivity contribution in [1.82, 2.24) is 24.2 Å². The van der Waals surface area contributed by atoms with Crippen molar-refractivity contribution in [3.8, 4) is 10.8 Å². The van der Waals surface area contributed by atoms with E-state index < -0.39 is 29.0 Å². The lowest BCUT2D eigenvalue weighted by Gasteiger charge is -2.19. The fourth-order valence-corrected chi connectivity index (χ4v) is 5.67. The molecule has 2 N–H and O–H groups in total. The summed E-state index contributed by atoms with van der Waals surface area (Å²) in [5.74, 6) is -0.347. The first-order valence-corrected chi connectivity index (χ1v) is 17.8. The van der Waals surface area contributed by atoms with E-state index in [4.69, 9.17) is 9.84 Å². The molecule has 0 unspecified atom stereocenters. The normalized spacial score (nSPS) is 11.4. The molecule has 0 aliphatic heterocycles. The molecule has 0 saturated carbocycles. The quantitative estimate of drug-likeness (QED) is 0.117. The highest BCUT2D eigenvalue weighted by atomic mass is 127. The van der Waals surface area contributed by atoms with Crippen molar-refractivity contribution in [3.63, 3.8) is 0 Å². The minimum Gasteiger partial charge on any atom is -0.496 e. The third-order valence-electron chi connectivity index (χ3n) is 6.48. The summed E-state index contributed by atoms with van der Waals surface area (Å²) in [4.78, 5) is 40.6. The predicted molar refractivity (Wildman–Crippen MR) is 183 cm³/mol. The molecule has 1 amide bonds. The number of aryl methyl sites for hydroxylation is 3. The summed E-state index contributed by atoms with van der Waals surface area (Å²) in [5, 5.41) is 16.2. The number of rotatable bonds is 11. The Balaban J connectivity index is 0.000000755. The van der Waals surface area contributed by atoms with Crippen LogP contribution >= 0.6 is 42.3 Å². The van der Waals surface area contributed by atoms with Gasteiger partial charge < -0.3 is 19.9 Å². The number of amides is 1. The summed E-state index contributed by atoms with van der Waals surface area (Å²) in [6.07, 6.45) is 4.41. The Bertz CT molecular complexity index is 1620. The summed E-state index contributed by atoms with van der Waals surface area (Å²) in [6.45, 7) is 7.98. The number of hydrogen-bond donors (Lipinski definition) is 3. The number of halogens is 2. The molecule has 0 fully saturated rings. The number of fused-ring (bicyclic) bond motifs is 1. The van der Waals surface area contributed by atoms with Gasteiger partial charge in [-0.3, -0.25) is 14.2 Å². The van der Waals surface area contributed by atoms with Crippen LogP contribution in [0.4, 0.5) is 4.39 Å². The van der Waals surface area contributed by atoms with Crippen LogP contribution in [0, 0.1) is 12.7 Å². The molecule has 0 spiro atoms. The number of nitrogens with zero attached hydrogens (tertiary/aromatic N) is 4. The van der Waals surface area contributed by atoms with E-state index in [1.807, 2.05) is 21.2 Å². The van der Waals surface area contributed by atoms with Gasteiger partial charge >= 0.3 is 5.69 Å². The lowest BCUT2D eigenvalue weighted by molar-refractivity contribution is -0.124. The Kier molecular flexibility index (Phi) is 15.6. The van der Waals surface area contributed by atoms with Crippen LogP contribution in [0.5, 0.6) is 5.75 Å². The number of thiophene rings is 1. The van der Waals surface area contributed by atoms with E-state index in [-0.39, 0.29) is 25.6 Å². The molecule has 44 heavy (non-hydrogen) atoms. The molecule has 0 aliphatic rings. The minimum absolute atomic E-state index is 0.145. The Morgan fingerprint density at radius 2 is 1.93 bits per heavy atom. The maximum absolute atomic E-state index is 13.9. The van der Waals surface area contributed by atoms with Gasteiger partial charge in [-0.25, -0.2) is 18.4 Å². The molecule has 0 bridgehead atoms. The van der Waals surface area contributed by atoms with Gasteiger partial charge in [0.05, 0.1) is 12.5 Å². The topological polar surface area (TPSA) is 130 Å². The van der Waals surface area contributed by atoms with Gasteiger partial charge in [0.2, 0.25) is 5.91 Å². The van der Waals surface area contributed by atoms with E-state index in [2.05, 4.69) is 25.0 Å². The van der Waals surface area contributed by atoms with Crippen LogP contribution in [0.15, 0.2) is 46.2 Å². The summed E-state index contributed by atoms with van der Waals surface area (Å²) in [6, 6.07) is 4.79. The predicted octanol–water partition coefficient (Wildman–Crippen LogP) is 4.48. The zero-order chi connectivity index (χ0) is 33.0. The van der Waals surface area contributed by atoms with Crippen molar-refractivity contribution >= 4 is 58.5 Å². The van der Waals surface area contributed by atoms with Gasteiger partial charge in [0.15, 0.2) is 0 Å². The van der Waals surface area contributed by atoms with Gasteiger partial charge in [0.1, 0.15) is 27.4 Å². The number of aliphatic hydroxyl groups excluding tert-OH is 1. The zero-order valence-corrected chi connectivity index (χ0v) is 29.4. The van der Waals surface area contributed by atoms with Crippen LogP contribution in [-0.2, 0) is 22.5 Å². The van der Waals surface area contributed by atoms with E-state index in [0.29, 0.717) is 38.7 Å². The molecule has 15 heteroatoms. The average molecular weight is 764 g/mol. The molecular weight excluding hydrogens is 724 g/mol. The van der Waals surface area contributed by atoms with Crippen LogP contribution in [0.3, 0.4) is 0 Å². The number of benzene rings is 1. The monoisotopic (exact) mass is 763 g/mol. The van der Waals surface area contributed by atoms with Crippen LogP contribution in [0.2, 0.25) is 0 Å². The lowest BCUT2D eigenvalue weighted by Crippen LogP contribution is -2.47. The first-order valence-electron chi connectivity index (χ1n) is 13.7. The number of hydrogen-bond acceptors (Lipinski definition) is 9. The minimum atomic E-state index is -1.03. The van der Waals surface area contributed by atoms with Crippen molar-refractivity contribution in [2.45, 2.75) is 59.2 Å². The van der Waals surface area contributed by atoms with E-state index in [1.165, 1.54) is 48.1 Å². The Hall–Kier alpha value is -2.73. The van der Waals surface area contributed by atoms with Crippen LogP contribution in [0.25, 0.3) is 15.2 Å². The number of thiol groups is 1. The first-order chi connectivity index (χ1) is 21.0. The summed E-state index contributed by atoms with van der Waals surface area (Å²) < 4.78 is 28.0. The Morgan fingerprint density at radius 1 is 1.23 bits per heavy atom. The number of nitrogens with one attached hydrogen (secondary N) is 1. The van der Waals surface area contributed by atoms with Crippen LogP contribution in [0.1, 0.15) is 44.4 Å². The first kappa shape index (κ1) is 37.5. The second kappa shape index (κ2) is 18.3. The molecule has 0 saturated heterocycles. The van der Waals surface area contributed by atoms with E-state index >= 15 is 0 Å². The Morgan fingerprint density at radius 3 is 2.48 bits per heavy atom. The van der Waals surface area contributed by atoms with Gasteiger partial charge in [0.25, 0.3) is 5.56 Å². The summed E-state index contributed by atoms with van der Waals surface area (Å²) in [7, 11) is 6.61. The van der Waals surface area contributed by atoms with Gasteiger partial charge in [-0.15, -0.1) is 9.80 Å². The van der Waals surface area contributed by atoms with Gasteiger partial charge in [-0.05, 0) is 91.6 Å². The number of methoxy groups -OCH3 is 2. The Labute approximate surface area is 277 Å². The van der Waals surface area contributed by atoms with Crippen LogP contribution in [-0.4, -0.2) is 63.4 Å². The van der Waals surface area contributed by atoms with Crippen molar-refractivity contribution < 1.29 is 23.8 Å². The summed E-state index contributed by atoms with van der Waals surface area (Å²) in [5.41, 5.74) is 0.100. The number of aromatic nitrogens is 4. The number of aliphatic hydroxyl groups is 1. The average Bonchev–Trinajstić information content (AvgIpc) is 3.65. The van der Waals surface area contributed by atoms with E-state index in [9.17, 15) is 18.8 Å². The molecule has 4 aromatic rings. The standard InChI is InChI=1S/C25H28FN5O4S.C4H10O2.HIS/c1-14(2)28-21(32)16(4)31-22(33)20-15(3)23(30-11-6-10-27-30)36-24(20)29(25(31)34)12-9-17-13-18(26)7-8-19(17)35-5;1-6-4-2-3-5;1-2/h6-8,10-11,13-14,16H,9,12H2,1-5H3,(H,28,32);5H,2-4H2,1H3;2H/t16-;;/m1../s1. The van der Waals surface area contributed by atoms with Gasteiger partial charge in [-0.1, -0.05) is 11.3 Å². The SMILES string of the molecule is COCCCO.COc1ccc(F)cc1CCn1c(=O)n([C@H](C)C(=O)NC(C)C)c(=O)c2c(C)c(-n3cccn3)sc21.SI. The maximum atomic E-state index is 13.9. The van der Waals surface area contributed by atoms with E-state index in [1.54, 1.807) is 51.0 Å². The lowest BCUT2D eigenvalue weighted by atomic mass is 10.1. The zero-order valence-electron chi connectivity index (χ0n) is 25.5. The fourth-order valence-electron chi connectivity index (χ4n) is 4.40. The number of carbonyl (C=O) groups is 1. The number of carbonyl (C=O) groups excluding carboxylic acids is 1. The van der Waals surface area contributed by atoms with Gasteiger partial charge in [0, 0.05) is 50.9 Å². The molecule has 4 rings (SSSR count). The molecule has 3 heterocycles. The molecule has 0 aliphatic carbocycles. The highest BCUT2D eigenvalue weighted by molar-refractivity contribution is 14.2. The molecule has 0 radical (unpaired) electrons. The molecule has 11 nitrogen and oxygen atoms in total. The molecule has 242 valence electrons. The van der Waals surface area contributed by atoms with Crippen molar-refractivity contribution in [2.75, 3.05) is 27.4 Å². The fraction of sp³-hybridized carbons (Fsp3) is 0.448. The number of ether oxygens (including phenoxy) is 2. The molecule has 1 aromatic carbocycles. The third-order valence-corrected chi connectivity index (χ3v) is 7.79. The highest BCUT2D eigenvalue weighted by Crippen LogP contribution is 2.31. The largest absolute Gasteiger partial charge is 0.496 e. The summed E-state index contributed by atoms with van der Waals surface area (Å²) >= 11 is 3.11. The van der Waals surface area contributed by atoms with Crippen molar-refractivity contribution in [3.05, 3.63) is 74.4 Å². The molecule has 1 atom stereocenters. The van der Waals surface area contributed by atoms with Crippen molar-refractivity contribution in [2.24, 2.45) is 0 Å². The maximum Gasteiger partial charge on any atom is 0.332 e. The second-order valence-corrected chi connectivity index (χ2v) is 10.9. The highest BCUT2D eigenvalue weighted by Gasteiger charge is 2.26. The van der Waals surface area contributed by atoms with E-state index in [0.717, 1.165) is 11.0 Å². The van der Waals surface area contributed by atoms with Gasteiger partial charge in [-0.2, -0.15) is 5.10 Å². The molecule has 3 aromatic heterocycles. The van der Waals surface area contributed by atoms with Crippen molar-refractivity contribution in [1.29, 1.82) is 0 Å². The molecular formula is C29H39FIN5O6S2. The third kappa shape index (κ3) is 9.15.